The lowest BCUT2D eigenvalue weighted by Crippen LogP contribution is -2.44. The maximum absolute atomic E-state index is 13.4. The number of piperidine rings is 1. The predicted octanol–water partition coefficient (Wildman–Crippen LogP) is 3.98. The van der Waals surface area contributed by atoms with Gasteiger partial charge in [0.25, 0.3) is 5.91 Å². The van der Waals surface area contributed by atoms with Crippen LogP contribution in [0.2, 0.25) is 5.15 Å². The lowest BCUT2D eigenvalue weighted by molar-refractivity contribution is 0.0908. The van der Waals surface area contributed by atoms with Crippen LogP contribution < -0.4 is 5.32 Å². The van der Waals surface area contributed by atoms with Gasteiger partial charge in [-0.05, 0) is 44.0 Å². The van der Waals surface area contributed by atoms with Gasteiger partial charge in [-0.1, -0.05) is 23.7 Å². The highest BCUT2D eigenvalue weighted by Crippen LogP contribution is 2.23. The van der Waals surface area contributed by atoms with E-state index in [4.69, 9.17) is 11.6 Å². The molecule has 3 aromatic rings. The number of halogens is 2. The molecule has 1 amide bonds. The summed E-state index contributed by atoms with van der Waals surface area (Å²) in [7, 11) is 1.85. The monoisotopic (exact) mass is 441 g/mol. The molecule has 31 heavy (non-hydrogen) atoms. The maximum atomic E-state index is 13.4. The molecule has 1 saturated heterocycles. The second-order valence-corrected chi connectivity index (χ2v) is 8.30. The number of rotatable bonds is 5. The van der Waals surface area contributed by atoms with Crippen molar-refractivity contribution in [2.75, 3.05) is 13.1 Å². The van der Waals surface area contributed by atoms with E-state index in [1.807, 2.05) is 14.0 Å². The number of pyridine rings is 1. The molecule has 0 saturated carbocycles. The predicted molar refractivity (Wildman–Crippen MR) is 118 cm³/mol. The first-order chi connectivity index (χ1) is 14.9. The van der Waals surface area contributed by atoms with Crippen molar-refractivity contribution in [1.29, 1.82) is 0 Å². The summed E-state index contributed by atoms with van der Waals surface area (Å²) in [6, 6.07) is 9.84. The Hall–Kier alpha value is -2.77. The van der Waals surface area contributed by atoms with Crippen LogP contribution in [0.15, 0.2) is 42.6 Å². The van der Waals surface area contributed by atoms with Crippen LogP contribution in [0.5, 0.6) is 0 Å². The molecule has 4 rings (SSSR count). The Morgan fingerprint density at radius 1 is 1.26 bits per heavy atom. The van der Waals surface area contributed by atoms with Crippen LogP contribution >= 0.6 is 11.6 Å². The molecule has 1 aromatic carbocycles. The third kappa shape index (κ3) is 4.94. The van der Waals surface area contributed by atoms with E-state index >= 15 is 0 Å². The van der Waals surface area contributed by atoms with Crippen molar-refractivity contribution in [2.45, 2.75) is 32.4 Å². The van der Waals surface area contributed by atoms with E-state index in [0.29, 0.717) is 22.0 Å². The highest BCUT2D eigenvalue weighted by Gasteiger charge is 2.23. The number of amides is 1. The molecule has 1 N–H and O–H groups in total. The van der Waals surface area contributed by atoms with Crippen molar-refractivity contribution < 1.29 is 9.18 Å². The number of nitrogens with zero attached hydrogens (tertiary/aromatic N) is 4. The number of hydrogen-bond donors (Lipinski definition) is 1. The van der Waals surface area contributed by atoms with Crippen LogP contribution in [0.4, 0.5) is 4.39 Å². The topological polar surface area (TPSA) is 63.1 Å². The minimum Gasteiger partial charge on any atom is -0.349 e. The Balaban J connectivity index is 1.31. The molecule has 0 spiro atoms. The molecule has 1 aliphatic heterocycles. The van der Waals surface area contributed by atoms with Crippen molar-refractivity contribution in [3.63, 3.8) is 0 Å². The minimum atomic E-state index is -0.312. The summed E-state index contributed by atoms with van der Waals surface area (Å²) < 4.78 is 15.1. The van der Waals surface area contributed by atoms with Gasteiger partial charge in [0.15, 0.2) is 0 Å². The van der Waals surface area contributed by atoms with Crippen LogP contribution in [0.1, 0.15) is 34.5 Å². The van der Waals surface area contributed by atoms with Gasteiger partial charge in [-0.2, -0.15) is 5.10 Å². The number of benzene rings is 1. The van der Waals surface area contributed by atoms with Crippen LogP contribution in [0, 0.1) is 12.7 Å². The van der Waals surface area contributed by atoms with E-state index in [2.05, 4.69) is 20.3 Å². The van der Waals surface area contributed by atoms with Crippen LogP contribution in [0.3, 0.4) is 0 Å². The van der Waals surface area contributed by atoms with Gasteiger partial charge in [-0.3, -0.25) is 19.4 Å². The summed E-state index contributed by atoms with van der Waals surface area (Å²) in [4.78, 5) is 19.3. The zero-order valence-corrected chi connectivity index (χ0v) is 18.4. The van der Waals surface area contributed by atoms with Gasteiger partial charge in [-0.15, -0.1) is 0 Å². The Morgan fingerprint density at radius 3 is 2.65 bits per heavy atom. The SMILES string of the molecule is Cc1nn(C)c(Cl)c1CN1CCC(NC(=O)c2ccc(-c3cccc(F)c3)nc2)CC1. The fourth-order valence-corrected chi connectivity index (χ4v) is 4.16. The summed E-state index contributed by atoms with van der Waals surface area (Å²) in [5.41, 5.74) is 3.84. The summed E-state index contributed by atoms with van der Waals surface area (Å²) in [6.45, 7) is 4.51. The van der Waals surface area contributed by atoms with Crippen molar-refractivity contribution >= 4 is 17.5 Å². The number of carbonyl (C=O) groups excluding carboxylic acids is 1. The first-order valence-electron chi connectivity index (χ1n) is 10.3. The molecule has 2 aromatic heterocycles. The Kier molecular flexibility index (Phi) is 6.34. The number of aromatic nitrogens is 3. The highest BCUT2D eigenvalue weighted by molar-refractivity contribution is 6.30. The van der Waals surface area contributed by atoms with E-state index in [-0.39, 0.29) is 17.8 Å². The number of nitrogens with one attached hydrogen (secondary N) is 1. The summed E-state index contributed by atoms with van der Waals surface area (Å²) in [5, 5.41) is 8.16. The molecule has 0 bridgehead atoms. The minimum absolute atomic E-state index is 0.122. The zero-order chi connectivity index (χ0) is 22.0. The van der Waals surface area contributed by atoms with Gasteiger partial charge in [0.05, 0.1) is 17.0 Å². The quantitative estimate of drug-likeness (QED) is 0.650. The van der Waals surface area contributed by atoms with Crippen molar-refractivity contribution in [1.82, 2.24) is 25.0 Å². The highest BCUT2D eigenvalue weighted by atomic mass is 35.5. The second kappa shape index (κ2) is 9.16. The number of likely N-dealkylation sites (tertiary alicyclic amines) is 1. The largest absolute Gasteiger partial charge is 0.349 e. The van der Waals surface area contributed by atoms with E-state index in [0.717, 1.165) is 43.7 Å². The maximum Gasteiger partial charge on any atom is 0.253 e. The lowest BCUT2D eigenvalue weighted by atomic mass is 10.0. The summed E-state index contributed by atoms with van der Waals surface area (Å²) in [5.74, 6) is -0.448. The van der Waals surface area contributed by atoms with Gasteiger partial charge in [0.1, 0.15) is 11.0 Å². The molecule has 0 atom stereocenters. The van der Waals surface area contributed by atoms with Gasteiger partial charge >= 0.3 is 0 Å². The molecule has 1 aliphatic rings. The molecule has 162 valence electrons. The molecule has 0 unspecified atom stereocenters. The molecule has 0 aliphatic carbocycles. The second-order valence-electron chi connectivity index (χ2n) is 7.94. The molecular formula is C23H25ClFN5O. The Labute approximate surface area is 186 Å². The van der Waals surface area contributed by atoms with Crippen molar-refractivity contribution in [2.24, 2.45) is 7.05 Å². The van der Waals surface area contributed by atoms with Crippen molar-refractivity contribution in [3.05, 3.63) is 70.4 Å². The van der Waals surface area contributed by atoms with Gasteiger partial charge in [0, 0.05) is 50.0 Å². The number of aryl methyl sites for hydroxylation is 2. The average molecular weight is 442 g/mol. The summed E-state index contributed by atoms with van der Waals surface area (Å²) >= 11 is 6.35. The summed E-state index contributed by atoms with van der Waals surface area (Å²) in [6.07, 6.45) is 3.28. The normalized spacial score (nSPS) is 15.2. The molecule has 6 nitrogen and oxygen atoms in total. The molecule has 1 fully saturated rings. The molecule has 3 heterocycles. The van der Waals surface area contributed by atoms with E-state index < -0.39 is 0 Å². The van der Waals surface area contributed by atoms with Crippen LogP contribution in [0.25, 0.3) is 11.3 Å². The standard InChI is InChI=1S/C23H25ClFN5O/c1-15-20(22(24)29(2)28-15)14-30-10-8-19(9-11-30)27-23(31)17-6-7-21(26-13-17)16-4-3-5-18(25)12-16/h3-7,12-13,19H,8-11,14H2,1-2H3,(H,27,31). The van der Waals surface area contributed by atoms with Crippen molar-refractivity contribution in [3.8, 4) is 11.3 Å². The zero-order valence-electron chi connectivity index (χ0n) is 17.6. The van der Waals surface area contributed by atoms with Crippen LogP contribution in [-0.4, -0.2) is 44.7 Å². The van der Waals surface area contributed by atoms with Gasteiger partial charge < -0.3 is 5.32 Å². The Morgan fingerprint density at radius 2 is 2.03 bits per heavy atom. The lowest BCUT2D eigenvalue weighted by Gasteiger charge is -2.32. The fraction of sp³-hybridized carbons (Fsp3) is 0.348. The third-order valence-corrected chi connectivity index (χ3v) is 6.19. The molecular weight excluding hydrogens is 417 g/mol. The molecule has 8 heteroatoms. The number of hydrogen-bond acceptors (Lipinski definition) is 4. The number of carbonyl (C=O) groups is 1. The first kappa shape index (κ1) is 21.5. The van der Waals surface area contributed by atoms with Gasteiger partial charge in [-0.25, -0.2) is 4.39 Å². The fourth-order valence-electron chi connectivity index (χ4n) is 3.93. The third-order valence-electron chi connectivity index (χ3n) is 5.72. The van der Waals surface area contributed by atoms with E-state index in [1.54, 1.807) is 28.9 Å². The van der Waals surface area contributed by atoms with E-state index in [1.165, 1.54) is 18.3 Å². The first-order valence-corrected chi connectivity index (χ1v) is 10.7. The smallest absolute Gasteiger partial charge is 0.253 e. The average Bonchev–Trinajstić information content (AvgIpc) is 3.01. The van der Waals surface area contributed by atoms with Gasteiger partial charge in [0.2, 0.25) is 0 Å². The van der Waals surface area contributed by atoms with E-state index in [9.17, 15) is 9.18 Å². The molecule has 0 radical (unpaired) electrons. The Bertz CT molecular complexity index is 1070. The van der Waals surface area contributed by atoms with Crippen LogP contribution in [-0.2, 0) is 13.6 Å².